The summed E-state index contributed by atoms with van der Waals surface area (Å²) in [7, 11) is 0. The van der Waals surface area contributed by atoms with Crippen molar-refractivity contribution < 1.29 is 9.90 Å². The van der Waals surface area contributed by atoms with Gasteiger partial charge in [-0.05, 0) is 37.5 Å². The average molecular weight is 219 g/mol. The monoisotopic (exact) mass is 219 g/mol. The molecule has 1 fully saturated rings. The van der Waals surface area contributed by atoms with Crippen LogP contribution in [0.15, 0.2) is 18.2 Å². The first-order chi connectivity index (χ1) is 7.68. The van der Waals surface area contributed by atoms with Crippen LogP contribution in [0.4, 0.5) is 5.69 Å². The van der Waals surface area contributed by atoms with Crippen LogP contribution in [0.2, 0.25) is 0 Å². The molecular weight excluding hydrogens is 202 g/mol. The third kappa shape index (κ3) is 2.18. The van der Waals surface area contributed by atoms with Crippen molar-refractivity contribution in [3.63, 3.8) is 0 Å². The van der Waals surface area contributed by atoms with E-state index in [4.69, 9.17) is 5.11 Å². The summed E-state index contributed by atoms with van der Waals surface area (Å²) in [4.78, 5) is 11.0. The topological polar surface area (TPSA) is 49.3 Å². The fourth-order valence-corrected chi connectivity index (χ4v) is 2.31. The lowest BCUT2D eigenvalue weighted by Crippen LogP contribution is -2.16. The quantitative estimate of drug-likeness (QED) is 0.821. The van der Waals surface area contributed by atoms with E-state index in [-0.39, 0.29) is 0 Å². The highest BCUT2D eigenvalue weighted by Gasteiger charge is 2.16. The molecule has 0 saturated heterocycles. The lowest BCUT2D eigenvalue weighted by Gasteiger charge is -2.16. The van der Waals surface area contributed by atoms with Gasteiger partial charge in [0, 0.05) is 11.7 Å². The normalized spacial score (nSPS) is 16.3. The zero-order valence-corrected chi connectivity index (χ0v) is 9.49. The van der Waals surface area contributed by atoms with Crippen LogP contribution in [0.5, 0.6) is 0 Å². The van der Waals surface area contributed by atoms with Crippen LogP contribution in [-0.2, 0) is 0 Å². The first-order valence-electron chi connectivity index (χ1n) is 5.78. The van der Waals surface area contributed by atoms with E-state index in [9.17, 15) is 4.79 Å². The SMILES string of the molecule is Cc1c(NC2CCCC2)cccc1C(=O)O. The Morgan fingerprint density at radius 2 is 2.06 bits per heavy atom. The Kier molecular flexibility index (Phi) is 3.13. The van der Waals surface area contributed by atoms with Crippen LogP contribution in [-0.4, -0.2) is 17.1 Å². The molecule has 0 aromatic heterocycles. The van der Waals surface area contributed by atoms with Crippen molar-refractivity contribution in [2.75, 3.05) is 5.32 Å². The minimum Gasteiger partial charge on any atom is -0.478 e. The Morgan fingerprint density at radius 1 is 1.38 bits per heavy atom. The maximum Gasteiger partial charge on any atom is 0.336 e. The van der Waals surface area contributed by atoms with Crippen LogP contribution in [0, 0.1) is 6.92 Å². The molecule has 0 unspecified atom stereocenters. The van der Waals surface area contributed by atoms with Gasteiger partial charge in [-0.3, -0.25) is 0 Å². The molecule has 0 aliphatic heterocycles. The van der Waals surface area contributed by atoms with Gasteiger partial charge < -0.3 is 10.4 Å². The summed E-state index contributed by atoms with van der Waals surface area (Å²) in [5.74, 6) is -0.854. The largest absolute Gasteiger partial charge is 0.478 e. The lowest BCUT2D eigenvalue weighted by molar-refractivity contribution is 0.0696. The number of aromatic carboxylic acids is 1. The number of hydrogen-bond donors (Lipinski definition) is 2. The van der Waals surface area contributed by atoms with Gasteiger partial charge in [0.25, 0.3) is 0 Å². The Balaban J connectivity index is 2.20. The zero-order valence-electron chi connectivity index (χ0n) is 9.49. The van der Waals surface area contributed by atoms with Gasteiger partial charge in [0.15, 0.2) is 0 Å². The molecule has 1 aromatic rings. The van der Waals surface area contributed by atoms with Gasteiger partial charge in [-0.2, -0.15) is 0 Å². The summed E-state index contributed by atoms with van der Waals surface area (Å²) in [6, 6.07) is 5.92. The second kappa shape index (κ2) is 4.56. The van der Waals surface area contributed by atoms with Gasteiger partial charge in [0.05, 0.1) is 5.56 Å². The van der Waals surface area contributed by atoms with Crippen molar-refractivity contribution in [2.45, 2.75) is 38.6 Å². The first-order valence-corrected chi connectivity index (χ1v) is 5.78. The summed E-state index contributed by atoms with van der Waals surface area (Å²) < 4.78 is 0. The molecule has 2 rings (SSSR count). The Hall–Kier alpha value is -1.51. The highest BCUT2D eigenvalue weighted by atomic mass is 16.4. The number of rotatable bonds is 3. The molecule has 3 heteroatoms. The molecule has 1 aliphatic rings. The number of carboxylic acid groups (broad SMARTS) is 1. The van der Waals surface area contributed by atoms with Gasteiger partial charge in [0.2, 0.25) is 0 Å². The molecule has 1 saturated carbocycles. The molecule has 3 nitrogen and oxygen atoms in total. The number of hydrogen-bond acceptors (Lipinski definition) is 2. The molecule has 0 radical (unpaired) electrons. The molecule has 1 aromatic carbocycles. The third-order valence-corrected chi connectivity index (χ3v) is 3.28. The minimum absolute atomic E-state index is 0.392. The highest BCUT2D eigenvalue weighted by molar-refractivity contribution is 5.91. The zero-order chi connectivity index (χ0) is 11.5. The van der Waals surface area contributed by atoms with Crippen LogP contribution in [0.25, 0.3) is 0 Å². The van der Waals surface area contributed by atoms with Crippen molar-refractivity contribution in [3.05, 3.63) is 29.3 Å². The van der Waals surface area contributed by atoms with Crippen molar-refractivity contribution in [1.82, 2.24) is 0 Å². The first kappa shape index (κ1) is 11.0. The second-order valence-electron chi connectivity index (χ2n) is 4.41. The third-order valence-electron chi connectivity index (χ3n) is 3.28. The van der Waals surface area contributed by atoms with Crippen molar-refractivity contribution in [1.29, 1.82) is 0 Å². The summed E-state index contributed by atoms with van der Waals surface area (Å²) in [6.45, 7) is 1.86. The summed E-state index contributed by atoms with van der Waals surface area (Å²) in [5.41, 5.74) is 2.19. The number of nitrogens with one attached hydrogen (secondary N) is 1. The summed E-state index contributed by atoms with van der Waals surface area (Å²) >= 11 is 0. The fourth-order valence-electron chi connectivity index (χ4n) is 2.31. The smallest absolute Gasteiger partial charge is 0.336 e. The van der Waals surface area contributed by atoms with Crippen molar-refractivity contribution in [3.8, 4) is 0 Å². The summed E-state index contributed by atoms with van der Waals surface area (Å²) in [5, 5.41) is 12.5. The average Bonchev–Trinajstić information content (AvgIpc) is 2.73. The molecule has 0 spiro atoms. The molecule has 0 atom stereocenters. The van der Waals surface area contributed by atoms with Gasteiger partial charge in [0.1, 0.15) is 0 Å². The molecular formula is C13H17NO2. The predicted molar refractivity (Wildman–Crippen MR) is 64.0 cm³/mol. The van der Waals surface area contributed by atoms with E-state index in [1.165, 1.54) is 25.7 Å². The number of anilines is 1. The Labute approximate surface area is 95.5 Å². The predicted octanol–water partition coefficient (Wildman–Crippen LogP) is 3.05. The number of carboxylic acids is 1. The number of benzene rings is 1. The molecule has 0 bridgehead atoms. The van der Waals surface area contributed by atoms with Crippen molar-refractivity contribution >= 4 is 11.7 Å². The summed E-state index contributed by atoms with van der Waals surface area (Å²) in [6.07, 6.45) is 4.93. The maximum absolute atomic E-state index is 11.0. The molecule has 0 amide bonds. The Bertz CT molecular complexity index is 395. The van der Waals surface area contributed by atoms with Crippen molar-refractivity contribution in [2.24, 2.45) is 0 Å². The van der Waals surface area contributed by atoms with Gasteiger partial charge in [-0.25, -0.2) is 4.79 Å². The van der Waals surface area contributed by atoms with E-state index in [0.717, 1.165) is 11.3 Å². The van der Waals surface area contributed by atoms with E-state index in [1.54, 1.807) is 12.1 Å². The van der Waals surface area contributed by atoms with Crippen LogP contribution in [0.3, 0.4) is 0 Å². The minimum atomic E-state index is -0.854. The van der Waals surface area contributed by atoms with Gasteiger partial charge >= 0.3 is 5.97 Å². The van der Waals surface area contributed by atoms with E-state index in [2.05, 4.69) is 5.32 Å². The molecule has 16 heavy (non-hydrogen) atoms. The Morgan fingerprint density at radius 3 is 2.69 bits per heavy atom. The fraction of sp³-hybridized carbons (Fsp3) is 0.462. The van der Waals surface area contributed by atoms with Crippen LogP contribution >= 0.6 is 0 Å². The van der Waals surface area contributed by atoms with E-state index in [1.807, 2.05) is 13.0 Å². The lowest BCUT2D eigenvalue weighted by atomic mass is 10.1. The molecule has 1 aliphatic carbocycles. The van der Waals surface area contributed by atoms with E-state index in [0.29, 0.717) is 11.6 Å². The number of carbonyl (C=O) groups is 1. The standard InChI is InChI=1S/C13H17NO2/c1-9-11(13(15)16)7-4-8-12(9)14-10-5-2-3-6-10/h4,7-8,10,14H,2-3,5-6H2,1H3,(H,15,16). The van der Waals surface area contributed by atoms with Crippen LogP contribution in [0.1, 0.15) is 41.6 Å². The maximum atomic E-state index is 11.0. The van der Waals surface area contributed by atoms with Crippen LogP contribution < -0.4 is 5.32 Å². The second-order valence-corrected chi connectivity index (χ2v) is 4.41. The van der Waals surface area contributed by atoms with Gasteiger partial charge in [-0.1, -0.05) is 18.9 Å². The molecule has 2 N–H and O–H groups in total. The molecule has 0 heterocycles. The van der Waals surface area contributed by atoms with Gasteiger partial charge in [-0.15, -0.1) is 0 Å². The highest BCUT2D eigenvalue weighted by Crippen LogP contribution is 2.25. The molecule has 86 valence electrons. The van der Waals surface area contributed by atoms with E-state index >= 15 is 0 Å². The van der Waals surface area contributed by atoms with E-state index < -0.39 is 5.97 Å².